The van der Waals surface area contributed by atoms with E-state index in [1.807, 2.05) is 0 Å². The topological polar surface area (TPSA) is 49.7 Å². The van der Waals surface area contributed by atoms with E-state index in [-0.39, 0.29) is 2.85 Å². The maximum absolute atomic E-state index is 8.85. The molecule has 68 valence electrons. The molecule has 3 nitrogen and oxygen atoms in total. The summed E-state index contributed by atoms with van der Waals surface area (Å²) in [6.07, 6.45) is 0. The van der Waals surface area contributed by atoms with E-state index in [1.54, 1.807) is 18.2 Å². The first-order valence-corrected chi connectivity index (χ1v) is 4.13. The molecule has 0 spiro atoms. The highest BCUT2D eigenvalue weighted by Gasteiger charge is 2.12. The van der Waals surface area contributed by atoms with Gasteiger partial charge in [-0.2, -0.15) is 0 Å². The van der Waals surface area contributed by atoms with Crippen LogP contribution in [0.25, 0.3) is 0 Å². The molecule has 5 heteroatoms. The minimum Gasteiger partial charge on any atom is -0.497 e. The molecular formula is C7H12BBrO3. The third kappa shape index (κ3) is 2.23. The van der Waals surface area contributed by atoms with Gasteiger partial charge < -0.3 is 14.8 Å². The van der Waals surface area contributed by atoms with Crippen molar-refractivity contribution in [1.82, 2.24) is 0 Å². The fourth-order valence-corrected chi connectivity index (χ4v) is 1.34. The molecule has 0 aliphatic heterocycles. The van der Waals surface area contributed by atoms with E-state index in [0.717, 1.165) is 4.47 Å². The molecule has 0 aliphatic carbocycles. The number of rotatable bonds is 2. The Morgan fingerprint density at radius 1 is 1.42 bits per heavy atom. The van der Waals surface area contributed by atoms with Gasteiger partial charge in [0.25, 0.3) is 0 Å². The van der Waals surface area contributed by atoms with Crippen LogP contribution in [0.15, 0.2) is 22.7 Å². The fraction of sp³-hybridized carbons (Fsp3) is 0.143. The summed E-state index contributed by atoms with van der Waals surface area (Å²) >= 11 is 3.22. The summed E-state index contributed by atoms with van der Waals surface area (Å²) in [5, 5.41) is 17.7. The average molecular weight is 235 g/mol. The standard InChI is InChI=1S/C7H8BBrO3.2H2/c1-12-7-3-5(8(10)11)2-6(9)4-7;;/h2-4,10-11H,1H3;2*1H. The Balaban J connectivity index is 0. The van der Waals surface area contributed by atoms with E-state index in [4.69, 9.17) is 14.8 Å². The molecule has 0 fully saturated rings. The summed E-state index contributed by atoms with van der Waals surface area (Å²) in [4.78, 5) is 0. The lowest BCUT2D eigenvalue weighted by atomic mass is 9.80. The smallest absolute Gasteiger partial charge is 0.488 e. The third-order valence-electron chi connectivity index (χ3n) is 1.43. The van der Waals surface area contributed by atoms with Gasteiger partial charge in [-0.15, -0.1) is 0 Å². The highest BCUT2D eigenvalue weighted by molar-refractivity contribution is 9.10. The van der Waals surface area contributed by atoms with Crippen molar-refractivity contribution in [3.8, 4) is 5.75 Å². The van der Waals surface area contributed by atoms with Crippen LogP contribution >= 0.6 is 15.9 Å². The number of methoxy groups -OCH3 is 1. The predicted octanol–water partition coefficient (Wildman–Crippen LogP) is 0.629. The van der Waals surface area contributed by atoms with Gasteiger partial charge in [-0.3, -0.25) is 0 Å². The van der Waals surface area contributed by atoms with Crippen LogP contribution in [0.4, 0.5) is 0 Å². The average Bonchev–Trinajstić information content (AvgIpc) is 2.03. The van der Waals surface area contributed by atoms with E-state index < -0.39 is 7.12 Å². The molecule has 0 saturated carbocycles. The van der Waals surface area contributed by atoms with Crippen LogP contribution in [0.5, 0.6) is 5.75 Å². The lowest BCUT2D eigenvalue weighted by molar-refractivity contribution is 0.411. The second kappa shape index (κ2) is 3.93. The maximum Gasteiger partial charge on any atom is 0.488 e. The van der Waals surface area contributed by atoms with Crippen molar-refractivity contribution in [1.29, 1.82) is 0 Å². The van der Waals surface area contributed by atoms with Crippen LogP contribution in [-0.4, -0.2) is 24.3 Å². The van der Waals surface area contributed by atoms with Gasteiger partial charge in [0.2, 0.25) is 0 Å². The van der Waals surface area contributed by atoms with Gasteiger partial charge in [0.1, 0.15) is 5.75 Å². The van der Waals surface area contributed by atoms with Crippen molar-refractivity contribution in [2.75, 3.05) is 7.11 Å². The molecule has 0 aromatic heterocycles. The van der Waals surface area contributed by atoms with Crippen molar-refractivity contribution in [3.63, 3.8) is 0 Å². The van der Waals surface area contributed by atoms with Gasteiger partial charge in [0, 0.05) is 7.33 Å². The Hall–Kier alpha value is -0.515. The van der Waals surface area contributed by atoms with Crippen LogP contribution in [0.1, 0.15) is 2.85 Å². The van der Waals surface area contributed by atoms with Crippen LogP contribution in [0.2, 0.25) is 0 Å². The zero-order valence-electron chi connectivity index (χ0n) is 6.49. The molecule has 0 amide bonds. The molecule has 0 saturated heterocycles. The van der Waals surface area contributed by atoms with Crippen molar-refractivity contribution in [2.24, 2.45) is 0 Å². The summed E-state index contributed by atoms with van der Waals surface area (Å²) < 4.78 is 5.69. The van der Waals surface area contributed by atoms with E-state index in [9.17, 15) is 0 Å². The predicted molar refractivity (Wildman–Crippen MR) is 54.7 cm³/mol. The SMILES string of the molecule is COc1cc(Br)cc(B(O)O)c1.[HH].[HH]. The Morgan fingerprint density at radius 2 is 2.08 bits per heavy atom. The molecule has 0 unspecified atom stereocenters. The normalized spacial score (nSPS) is 9.67. The molecule has 0 heterocycles. The molecule has 0 aliphatic rings. The first kappa shape index (κ1) is 9.57. The van der Waals surface area contributed by atoms with Crippen molar-refractivity contribution < 1.29 is 17.6 Å². The third-order valence-corrected chi connectivity index (χ3v) is 1.89. The van der Waals surface area contributed by atoms with E-state index in [2.05, 4.69) is 15.9 Å². The van der Waals surface area contributed by atoms with Crippen LogP contribution in [0.3, 0.4) is 0 Å². The Labute approximate surface area is 82.2 Å². The first-order chi connectivity index (χ1) is 5.63. The number of benzene rings is 1. The molecule has 2 N–H and O–H groups in total. The number of hydrogen-bond acceptors (Lipinski definition) is 3. The first-order valence-electron chi connectivity index (χ1n) is 3.34. The zero-order chi connectivity index (χ0) is 9.14. The molecule has 1 rings (SSSR count). The molecule has 12 heavy (non-hydrogen) atoms. The lowest BCUT2D eigenvalue weighted by Crippen LogP contribution is -2.29. The highest BCUT2D eigenvalue weighted by Crippen LogP contribution is 2.15. The fourth-order valence-electron chi connectivity index (χ4n) is 0.851. The van der Waals surface area contributed by atoms with Gasteiger partial charge in [0.05, 0.1) is 7.11 Å². The summed E-state index contributed by atoms with van der Waals surface area (Å²) in [7, 11) is 0.0615. The monoisotopic (exact) mass is 234 g/mol. The summed E-state index contributed by atoms with van der Waals surface area (Å²) in [6, 6.07) is 4.93. The van der Waals surface area contributed by atoms with Gasteiger partial charge in [-0.05, 0) is 23.7 Å². The highest BCUT2D eigenvalue weighted by atomic mass is 79.9. The summed E-state index contributed by atoms with van der Waals surface area (Å²) in [5.74, 6) is 0.590. The van der Waals surface area contributed by atoms with Crippen LogP contribution in [0, 0.1) is 0 Å². The molecule has 1 aromatic rings. The molecular weight excluding hydrogens is 223 g/mol. The second-order valence-corrected chi connectivity index (χ2v) is 3.21. The number of hydrogen-bond donors (Lipinski definition) is 2. The zero-order valence-corrected chi connectivity index (χ0v) is 8.08. The molecule has 0 bridgehead atoms. The largest absolute Gasteiger partial charge is 0.497 e. The van der Waals surface area contributed by atoms with Gasteiger partial charge in [-0.1, -0.05) is 15.9 Å². The lowest BCUT2D eigenvalue weighted by Gasteiger charge is -2.04. The van der Waals surface area contributed by atoms with Crippen LogP contribution < -0.4 is 10.2 Å². The number of ether oxygens (including phenoxy) is 1. The summed E-state index contributed by atoms with van der Waals surface area (Å²) in [6.45, 7) is 0. The van der Waals surface area contributed by atoms with Gasteiger partial charge >= 0.3 is 7.12 Å². The number of halogens is 1. The minimum atomic E-state index is -1.46. The van der Waals surface area contributed by atoms with Gasteiger partial charge in [-0.25, -0.2) is 0 Å². The Kier molecular flexibility index (Phi) is 3.14. The van der Waals surface area contributed by atoms with E-state index in [1.165, 1.54) is 7.11 Å². The van der Waals surface area contributed by atoms with E-state index >= 15 is 0 Å². The second-order valence-electron chi connectivity index (χ2n) is 2.30. The summed E-state index contributed by atoms with van der Waals surface area (Å²) in [5.41, 5.74) is 0.404. The molecule has 0 atom stereocenters. The Morgan fingerprint density at radius 3 is 2.58 bits per heavy atom. The maximum atomic E-state index is 8.85. The van der Waals surface area contributed by atoms with Crippen LogP contribution in [-0.2, 0) is 0 Å². The van der Waals surface area contributed by atoms with Gasteiger partial charge in [0.15, 0.2) is 0 Å². The van der Waals surface area contributed by atoms with Crippen molar-refractivity contribution >= 4 is 28.5 Å². The van der Waals surface area contributed by atoms with E-state index in [0.29, 0.717) is 11.2 Å². The quantitative estimate of drug-likeness (QED) is 0.739. The van der Waals surface area contributed by atoms with Crippen molar-refractivity contribution in [3.05, 3.63) is 22.7 Å². The minimum absolute atomic E-state index is 0. The molecule has 0 radical (unpaired) electrons. The molecule has 1 aromatic carbocycles. The van der Waals surface area contributed by atoms with Crippen molar-refractivity contribution in [2.45, 2.75) is 0 Å². The Bertz CT molecular complexity index is 286.